The van der Waals surface area contributed by atoms with Gasteiger partial charge in [-0.25, -0.2) is 0 Å². The lowest BCUT2D eigenvalue weighted by Crippen LogP contribution is -2.30. The van der Waals surface area contributed by atoms with Gasteiger partial charge in [-0.15, -0.1) is 0 Å². The van der Waals surface area contributed by atoms with Crippen molar-refractivity contribution in [3.8, 4) is 0 Å². The second kappa shape index (κ2) is 4.37. The topological polar surface area (TPSA) is 20.2 Å². The zero-order valence-electron chi connectivity index (χ0n) is 10.8. The molecule has 16 heavy (non-hydrogen) atoms. The van der Waals surface area contributed by atoms with Crippen molar-refractivity contribution in [3.05, 3.63) is 23.3 Å². The molecule has 0 aromatic heterocycles. The highest BCUT2D eigenvalue weighted by molar-refractivity contribution is 5.39. The quantitative estimate of drug-likeness (QED) is 0.752. The molecular formula is C15H24O. The Bertz CT molecular complexity index is 326. The molecule has 3 atom stereocenters. The van der Waals surface area contributed by atoms with Gasteiger partial charge >= 0.3 is 0 Å². The number of allylic oxidation sites excluding steroid dienone is 4. The van der Waals surface area contributed by atoms with Crippen LogP contribution < -0.4 is 0 Å². The average Bonchev–Trinajstić information content (AvgIpc) is 2.27. The monoisotopic (exact) mass is 220 g/mol. The summed E-state index contributed by atoms with van der Waals surface area (Å²) in [6, 6.07) is 0. The van der Waals surface area contributed by atoms with Gasteiger partial charge < -0.3 is 5.11 Å². The third-order valence-corrected chi connectivity index (χ3v) is 4.65. The Balaban J connectivity index is 2.29. The lowest BCUT2D eigenvalue weighted by molar-refractivity contribution is 0.178. The maximum atomic E-state index is 9.27. The molecule has 90 valence electrons. The molecule has 0 fully saturated rings. The van der Waals surface area contributed by atoms with Gasteiger partial charge in [0, 0.05) is 6.61 Å². The van der Waals surface area contributed by atoms with Crippen molar-refractivity contribution in [2.75, 3.05) is 6.61 Å². The van der Waals surface area contributed by atoms with Gasteiger partial charge in [0.1, 0.15) is 0 Å². The van der Waals surface area contributed by atoms with Crippen molar-refractivity contribution in [1.29, 1.82) is 0 Å². The Morgan fingerprint density at radius 2 is 2.25 bits per heavy atom. The molecule has 0 aromatic rings. The molecule has 1 heteroatoms. The van der Waals surface area contributed by atoms with E-state index in [4.69, 9.17) is 0 Å². The Morgan fingerprint density at radius 3 is 2.94 bits per heavy atom. The number of fused-ring (bicyclic) bond motifs is 1. The van der Waals surface area contributed by atoms with Crippen LogP contribution in [0.2, 0.25) is 0 Å². The summed E-state index contributed by atoms with van der Waals surface area (Å²) in [5.74, 6) is 0.987. The first-order valence-electron chi connectivity index (χ1n) is 6.57. The zero-order valence-corrected chi connectivity index (χ0v) is 10.8. The highest BCUT2D eigenvalue weighted by atomic mass is 16.3. The summed E-state index contributed by atoms with van der Waals surface area (Å²) in [5.41, 5.74) is 3.46. The molecule has 1 nitrogen and oxygen atoms in total. The Hall–Kier alpha value is -0.560. The minimum Gasteiger partial charge on any atom is -0.396 e. The summed E-state index contributed by atoms with van der Waals surface area (Å²) in [6.45, 7) is 7.13. The van der Waals surface area contributed by atoms with Crippen molar-refractivity contribution in [2.24, 2.45) is 17.3 Å². The molecule has 0 heterocycles. The van der Waals surface area contributed by atoms with E-state index >= 15 is 0 Å². The molecule has 2 rings (SSSR count). The van der Waals surface area contributed by atoms with E-state index in [1.165, 1.54) is 31.3 Å². The van der Waals surface area contributed by atoms with Crippen LogP contribution in [0.5, 0.6) is 0 Å². The highest BCUT2D eigenvalue weighted by Gasteiger charge is 2.36. The molecule has 1 N–H and O–H groups in total. The van der Waals surface area contributed by atoms with E-state index in [0.717, 1.165) is 0 Å². The van der Waals surface area contributed by atoms with Crippen LogP contribution in [0.3, 0.4) is 0 Å². The molecule has 3 unspecified atom stereocenters. The summed E-state index contributed by atoms with van der Waals surface area (Å²) >= 11 is 0. The molecule has 0 spiro atoms. The van der Waals surface area contributed by atoms with E-state index in [2.05, 4.69) is 32.9 Å². The van der Waals surface area contributed by atoms with Crippen molar-refractivity contribution >= 4 is 0 Å². The normalized spacial score (nSPS) is 36.1. The predicted octanol–water partition coefficient (Wildman–Crippen LogP) is 3.70. The summed E-state index contributed by atoms with van der Waals surface area (Å²) in [6.07, 6.45) is 9.90. The Morgan fingerprint density at radius 1 is 1.50 bits per heavy atom. The van der Waals surface area contributed by atoms with Crippen LogP contribution in [0, 0.1) is 17.3 Å². The van der Waals surface area contributed by atoms with Gasteiger partial charge in [0.05, 0.1) is 0 Å². The first-order chi connectivity index (χ1) is 7.57. The van der Waals surface area contributed by atoms with Gasteiger partial charge in [0.2, 0.25) is 0 Å². The average molecular weight is 220 g/mol. The van der Waals surface area contributed by atoms with Crippen LogP contribution in [0.4, 0.5) is 0 Å². The van der Waals surface area contributed by atoms with Gasteiger partial charge in [0.15, 0.2) is 0 Å². The molecule has 0 radical (unpaired) electrons. The second-order valence-corrected chi connectivity index (χ2v) is 5.93. The third kappa shape index (κ3) is 1.98. The van der Waals surface area contributed by atoms with Crippen molar-refractivity contribution in [3.63, 3.8) is 0 Å². The zero-order chi connectivity index (χ0) is 11.8. The van der Waals surface area contributed by atoms with Gasteiger partial charge in [-0.1, -0.05) is 31.6 Å². The van der Waals surface area contributed by atoms with Crippen LogP contribution in [-0.4, -0.2) is 11.7 Å². The van der Waals surface area contributed by atoms with Crippen molar-refractivity contribution in [1.82, 2.24) is 0 Å². The van der Waals surface area contributed by atoms with E-state index in [1.807, 2.05) is 0 Å². The van der Waals surface area contributed by atoms with Crippen LogP contribution >= 0.6 is 0 Å². The third-order valence-electron chi connectivity index (χ3n) is 4.65. The molecule has 0 aromatic carbocycles. The minimum atomic E-state index is 0.313. The summed E-state index contributed by atoms with van der Waals surface area (Å²) in [7, 11) is 0. The fraction of sp³-hybridized carbons (Fsp3) is 0.733. The highest BCUT2D eigenvalue weighted by Crippen LogP contribution is 2.49. The standard InChI is InChI=1S/C15H24O/c1-11-5-4-7-15(3)8-6-13(9-14(11)15)12(2)10-16/h5,9,12-13,16H,4,6-8,10H2,1-3H3. The largest absolute Gasteiger partial charge is 0.396 e. The molecule has 2 aliphatic rings. The lowest BCUT2D eigenvalue weighted by Gasteiger charge is -2.42. The number of hydrogen-bond acceptors (Lipinski definition) is 1. The molecule has 0 bridgehead atoms. The maximum absolute atomic E-state index is 9.27. The van der Waals surface area contributed by atoms with Crippen LogP contribution in [0.1, 0.15) is 46.5 Å². The van der Waals surface area contributed by atoms with E-state index in [-0.39, 0.29) is 0 Å². The van der Waals surface area contributed by atoms with Gasteiger partial charge in [-0.05, 0) is 55.4 Å². The Labute approximate surface area is 99.3 Å². The fourth-order valence-electron chi connectivity index (χ4n) is 3.29. The van der Waals surface area contributed by atoms with E-state index in [1.54, 1.807) is 5.57 Å². The van der Waals surface area contributed by atoms with Crippen LogP contribution in [0.25, 0.3) is 0 Å². The maximum Gasteiger partial charge on any atom is 0.0462 e. The summed E-state index contributed by atoms with van der Waals surface area (Å²) < 4.78 is 0. The molecule has 0 aliphatic heterocycles. The smallest absolute Gasteiger partial charge is 0.0462 e. The Kier molecular flexibility index (Phi) is 3.25. The number of aliphatic hydroxyl groups excluding tert-OH is 1. The van der Waals surface area contributed by atoms with Crippen molar-refractivity contribution in [2.45, 2.75) is 46.5 Å². The van der Waals surface area contributed by atoms with E-state index in [9.17, 15) is 5.11 Å². The van der Waals surface area contributed by atoms with Gasteiger partial charge in [-0.2, -0.15) is 0 Å². The van der Waals surface area contributed by atoms with E-state index < -0.39 is 0 Å². The summed E-state index contributed by atoms with van der Waals surface area (Å²) in [4.78, 5) is 0. The van der Waals surface area contributed by atoms with E-state index in [0.29, 0.717) is 23.9 Å². The molecule has 0 amide bonds. The van der Waals surface area contributed by atoms with Gasteiger partial charge in [-0.3, -0.25) is 0 Å². The lowest BCUT2D eigenvalue weighted by atomic mass is 9.63. The fourth-order valence-corrected chi connectivity index (χ4v) is 3.29. The molecule has 0 saturated carbocycles. The molecule has 2 aliphatic carbocycles. The number of aliphatic hydroxyl groups is 1. The number of rotatable bonds is 2. The van der Waals surface area contributed by atoms with Crippen LogP contribution in [0.15, 0.2) is 23.3 Å². The summed E-state index contributed by atoms with van der Waals surface area (Å²) in [5, 5.41) is 9.27. The predicted molar refractivity (Wildman–Crippen MR) is 68.2 cm³/mol. The molecule has 0 saturated heterocycles. The van der Waals surface area contributed by atoms with Gasteiger partial charge in [0.25, 0.3) is 0 Å². The number of hydrogen-bond donors (Lipinski definition) is 1. The first kappa shape index (κ1) is 11.9. The minimum absolute atomic E-state index is 0.313. The second-order valence-electron chi connectivity index (χ2n) is 5.93. The SMILES string of the molecule is CC1=CCCC2(C)CCC(C(C)CO)C=C12. The first-order valence-corrected chi connectivity index (χ1v) is 6.57. The van der Waals surface area contributed by atoms with Crippen LogP contribution in [-0.2, 0) is 0 Å². The van der Waals surface area contributed by atoms with Crippen molar-refractivity contribution < 1.29 is 5.11 Å². The molecular weight excluding hydrogens is 196 g/mol.